The molecule has 216 valence electrons. The van der Waals surface area contributed by atoms with Gasteiger partial charge in [0.25, 0.3) is 0 Å². The highest BCUT2D eigenvalue weighted by Crippen LogP contribution is 2.48. The van der Waals surface area contributed by atoms with Crippen molar-refractivity contribution in [1.82, 2.24) is 15.1 Å². The van der Waals surface area contributed by atoms with Gasteiger partial charge in [0.15, 0.2) is 0 Å². The molecule has 6 nitrogen and oxygen atoms in total. The molecule has 2 heterocycles. The maximum atomic E-state index is 13.9. The van der Waals surface area contributed by atoms with E-state index in [-0.39, 0.29) is 36.4 Å². The summed E-state index contributed by atoms with van der Waals surface area (Å²) in [7, 11) is 0. The zero-order chi connectivity index (χ0) is 29.9. The van der Waals surface area contributed by atoms with Gasteiger partial charge >= 0.3 is 0 Å². The molecule has 0 unspecified atom stereocenters. The molecule has 4 aromatic carbocycles. The first-order chi connectivity index (χ1) is 20.9. The lowest BCUT2D eigenvalue weighted by atomic mass is 9.99. The van der Waals surface area contributed by atoms with E-state index in [9.17, 15) is 22.8 Å². The molecule has 0 spiro atoms. The van der Waals surface area contributed by atoms with Gasteiger partial charge in [0, 0.05) is 17.7 Å². The molecule has 10 heteroatoms. The van der Waals surface area contributed by atoms with E-state index in [1.165, 1.54) is 53.1 Å². The van der Waals surface area contributed by atoms with Crippen LogP contribution in [0.4, 0.5) is 19.0 Å². The number of fused-ring (bicyclic) bond motifs is 1. The fourth-order valence-electron chi connectivity index (χ4n) is 4.99. The molecule has 1 atom stereocenters. The second-order valence-corrected chi connectivity index (χ2v) is 11.1. The number of carbonyl (C=O) groups is 2. The summed E-state index contributed by atoms with van der Waals surface area (Å²) in [5, 5.41) is 7.31. The van der Waals surface area contributed by atoms with Crippen LogP contribution in [0.3, 0.4) is 0 Å². The van der Waals surface area contributed by atoms with Crippen LogP contribution in [0.1, 0.15) is 21.9 Å². The lowest BCUT2D eigenvalue weighted by Gasteiger charge is -2.23. The minimum atomic E-state index is -0.434. The summed E-state index contributed by atoms with van der Waals surface area (Å²) in [6.07, 6.45) is 0. The van der Waals surface area contributed by atoms with Crippen LogP contribution in [0.15, 0.2) is 103 Å². The number of rotatable bonds is 7. The van der Waals surface area contributed by atoms with Crippen LogP contribution >= 0.6 is 11.8 Å². The fraction of sp³-hybridized carbons (Fsp3) is 0.121. The molecule has 1 aliphatic heterocycles. The zero-order valence-electron chi connectivity index (χ0n) is 22.7. The third kappa shape index (κ3) is 6.05. The van der Waals surface area contributed by atoms with Gasteiger partial charge in [0.2, 0.25) is 11.8 Å². The Morgan fingerprint density at radius 3 is 2.09 bits per heavy atom. The molecule has 2 amide bonds. The summed E-state index contributed by atoms with van der Waals surface area (Å²) in [6, 6.07) is 27.0. The fourth-order valence-corrected chi connectivity index (χ4v) is 6.19. The minimum Gasteiger partial charge on any atom is -0.350 e. The van der Waals surface area contributed by atoms with Gasteiger partial charge in [0.05, 0.1) is 22.4 Å². The van der Waals surface area contributed by atoms with E-state index in [0.717, 1.165) is 11.1 Å². The van der Waals surface area contributed by atoms with E-state index in [0.29, 0.717) is 28.3 Å². The molecule has 1 aliphatic rings. The lowest BCUT2D eigenvalue weighted by Crippen LogP contribution is -2.42. The standard InChI is InChI=1S/C33H25F3N4O2S/c34-24-10-6-21(7-11-24)18-37-28(41)19-39-29(42)20-43-32(23-8-12-25(35)13-9-23)30-31(22-4-2-1-3-5-22)38-40(33(30)39)27-16-14-26(36)15-17-27/h1-17,32H,18-20H2,(H,37,41)/t32-/m1/s1. The Kier molecular flexibility index (Phi) is 8.02. The first-order valence-electron chi connectivity index (χ1n) is 13.5. The van der Waals surface area contributed by atoms with Crippen molar-refractivity contribution < 1.29 is 22.8 Å². The second kappa shape index (κ2) is 12.2. The van der Waals surface area contributed by atoms with Crippen LogP contribution < -0.4 is 10.2 Å². The normalized spacial score (nSPS) is 14.7. The van der Waals surface area contributed by atoms with Crippen molar-refractivity contribution in [3.63, 3.8) is 0 Å². The van der Waals surface area contributed by atoms with E-state index < -0.39 is 17.0 Å². The van der Waals surface area contributed by atoms with Crippen LogP contribution in [-0.2, 0) is 16.1 Å². The van der Waals surface area contributed by atoms with E-state index in [2.05, 4.69) is 5.32 Å². The molecule has 0 saturated carbocycles. The van der Waals surface area contributed by atoms with Crippen molar-refractivity contribution in [2.75, 3.05) is 17.2 Å². The van der Waals surface area contributed by atoms with E-state index in [1.807, 2.05) is 30.3 Å². The van der Waals surface area contributed by atoms with Crippen LogP contribution in [0.25, 0.3) is 16.9 Å². The molecule has 1 aromatic heterocycles. The van der Waals surface area contributed by atoms with Crippen LogP contribution in [0.2, 0.25) is 0 Å². The van der Waals surface area contributed by atoms with Crippen LogP contribution in [-0.4, -0.2) is 33.9 Å². The number of hydrogen-bond acceptors (Lipinski definition) is 4. The molecule has 0 bridgehead atoms. The quantitative estimate of drug-likeness (QED) is 0.234. The molecule has 0 saturated heterocycles. The Balaban J connectivity index is 1.49. The molecule has 0 fully saturated rings. The number of halogens is 3. The number of benzene rings is 4. The minimum absolute atomic E-state index is 0.0413. The van der Waals surface area contributed by atoms with Crippen molar-refractivity contribution in [3.05, 3.63) is 137 Å². The van der Waals surface area contributed by atoms with E-state index in [4.69, 9.17) is 5.10 Å². The Hall–Kier alpha value is -4.83. The average Bonchev–Trinajstić information content (AvgIpc) is 3.35. The number of hydrogen-bond donors (Lipinski definition) is 1. The van der Waals surface area contributed by atoms with Gasteiger partial charge in [-0.1, -0.05) is 54.6 Å². The molecule has 6 rings (SSSR count). The van der Waals surface area contributed by atoms with Gasteiger partial charge in [-0.15, -0.1) is 11.8 Å². The molecule has 5 aromatic rings. The molecular weight excluding hydrogens is 573 g/mol. The number of amides is 2. The summed E-state index contributed by atoms with van der Waals surface area (Å²) in [4.78, 5) is 28.4. The second-order valence-electron chi connectivity index (χ2n) is 9.97. The largest absolute Gasteiger partial charge is 0.350 e. The first kappa shape index (κ1) is 28.3. The maximum Gasteiger partial charge on any atom is 0.240 e. The number of anilines is 1. The predicted molar refractivity (Wildman–Crippen MR) is 160 cm³/mol. The number of thioether (sulfide) groups is 1. The summed E-state index contributed by atoms with van der Waals surface area (Å²) in [6.45, 7) is -0.168. The highest BCUT2D eigenvalue weighted by atomic mass is 32.2. The summed E-state index contributed by atoms with van der Waals surface area (Å²) >= 11 is 1.36. The van der Waals surface area contributed by atoms with Gasteiger partial charge in [-0.3, -0.25) is 14.5 Å². The maximum absolute atomic E-state index is 13.9. The highest BCUT2D eigenvalue weighted by molar-refractivity contribution is 8.00. The van der Waals surface area contributed by atoms with Crippen molar-refractivity contribution in [3.8, 4) is 16.9 Å². The van der Waals surface area contributed by atoms with Gasteiger partial charge in [-0.25, -0.2) is 17.9 Å². The van der Waals surface area contributed by atoms with E-state index in [1.54, 1.807) is 41.1 Å². The highest BCUT2D eigenvalue weighted by Gasteiger charge is 2.37. The molecule has 0 aliphatic carbocycles. The van der Waals surface area contributed by atoms with Gasteiger partial charge in [0.1, 0.15) is 29.8 Å². The van der Waals surface area contributed by atoms with Crippen molar-refractivity contribution in [1.29, 1.82) is 0 Å². The molecule has 0 radical (unpaired) electrons. The Bertz CT molecular complexity index is 1760. The number of nitrogens with one attached hydrogen (secondary N) is 1. The van der Waals surface area contributed by atoms with Crippen molar-refractivity contribution in [2.45, 2.75) is 11.8 Å². The third-order valence-electron chi connectivity index (χ3n) is 7.08. The lowest BCUT2D eigenvalue weighted by molar-refractivity contribution is -0.123. The number of carbonyl (C=O) groups excluding carboxylic acids is 2. The smallest absolute Gasteiger partial charge is 0.240 e. The SMILES string of the molecule is O=C(CN1C(=O)CS[C@H](c2ccc(F)cc2)c2c(-c3ccccc3)nn(-c3ccc(F)cc3)c21)NCc1ccc(F)cc1. The van der Waals surface area contributed by atoms with Gasteiger partial charge < -0.3 is 5.32 Å². The monoisotopic (exact) mass is 598 g/mol. The number of nitrogens with zero attached hydrogens (tertiary/aromatic N) is 3. The summed E-state index contributed by atoms with van der Waals surface area (Å²) in [5.41, 5.74) is 3.99. The zero-order valence-corrected chi connectivity index (χ0v) is 23.5. The van der Waals surface area contributed by atoms with E-state index >= 15 is 0 Å². The Morgan fingerprint density at radius 2 is 1.44 bits per heavy atom. The van der Waals surface area contributed by atoms with Crippen molar-refractivity contribution >= 4 is 29.4 Å². The third-order valence-corrected chi connectivity index (χ3v) is 8.34. The first-order valence-corrected chi connectivity index (χ1v) is 14.5. The van der Waals surface area contributed by atoms with Gasteiger partial charge in [-0.05, 0) is 59.7 Å². The van der Waals surface area contributed by atoms with Gasteiger partial charge in [-0.2, -0.15) is 5.10 Å². The van der Waals surface area contributed by atoms with Crippen LogP contribution in [0.5, 0.6) is 0 Å². The molecule has 43 heavy (non-hydrogen) atoms. The van der Waals surface area contributed by atoms with Crippen molar-refractivity contribution in [2.24, 2.45) is 0 Å². The summed E-state index contributed by atoms with van der Waals surface area (Å²) in [5.74, 6) is -1.54. The predicted octanol–water partition coefficient (Wildman–Crippen LogP) is 6.44. The van der Waals surface area contributed by atoms with Crippen LogP contribution in [0, 0.1) is 17.5 Å². The molecule has 1 N–H and O–H groups in total. The Labute approximate surface area is 250 Å². The summed E-state index contributed by atoms with van der Waals surface area (Å²) < 4.78 is 42.8. The topological polar surface area (TPSA) is 67.2 Å². The molecular formula is C33H25F3N4O2S. The average molecular weight is 599 g/mol. The number of aromatic nitrogens is 2. The Morgan fingerprint density at radius 1 is 0.837 bits per heavy atom.